The summed E-state index contributed by atoms with van der Waals surface area (Å²) in [5.74, 6) is 0.201. The van der Waals surface area contributed by atoms with Crippen LogP contribution < -0.4 is 5.32 Å². The standard InChI is InChI=1S/C20H41NO3/c1-16(22)17(2,3)15-20(8,9)24-19(6,7)12-14-23-18(4,5)11-13-21-10/h21H,11-15H2,1-10H3. The fourth-order valence-corrected chi connectivity index (χ4v) is 3.10. The number of carbonyl (C=O) groups excluding carboxylic acids is 1. The molecule has 0 bridgehead atoms. The molecular formula is C20H41NO3. The zero-order chi connectivity index (χ0) is 19.2. The van der Waals surface area contributed by atoms with E-state index in [-0.39, 0.29) is 28.0 Å². The number of hydrogen-bond donors (Lipinski definition) is 1. The first-order valence-corrected chi connectivity index (χ1v) is 9.12. The number of carbonyl (C=O) groups is 1. The zero-order valence-electron chi connectivity index (χ0n) is 17.8. The van der Waals surface area contributed by atoms with Gasteiger partial charge in [-0.05, 0) is 81.3 Å². The molecule has 0 aliphatic carbocycles. The molecular weight excluding hydrogens is 302 g/mol. The van der Waals surface area contributed by atoms with Crippen LogP contribution in [-0.4, -0.2) is 42.8 Å². The highest BCUT2D eigenvalue weighted by Gasteiger charge is 2.36. The van der Waals surface area contributed by atoms with Gasteiger partial charge in [-0.1, -0.05) is 13.8 Å². The predicted octanol–water partition coefficient (Wildman–Crippen LogP) is 4.36. The Morgan fingerprint density at radius 2 is 1.42 bits per heavy atom. The maximum absolute atomic E-state index is 11.8. The number of hydrogen-bond acceptors (Lipinski definition) is 4. The Morgan fingerprint density at radius 1 is 0.875 bits per heavy atom. The van der Waals surface area contributed by atoms with Crippen LogP contribution in [0.25, 0.3) is 0 Å². The first-order valence-electron chi connectivity index (χ1n) is 9.12. The van der Waals surface area contributed by atoms with Gasteiger partial charge in [0, 0.05) is 5.41 Å². The number of ether oxygens (including phenoxy) is 2. The maximum atomic E-state index is 11.8. The summed E-state index contributed by atoms with van der Waals surface area (Å²) in [5, 5.41) is 3.16. The number of Topliss-reactive ketones (excluding diaryl/α,β-unsaturated/α-hetero) is 1. The summed E-state index contributed by atoms with van der Waals surface area (Å²) in [7, 11) is 1.96. The second kappa shape index (κ2) is 8.77. The number of nitrogens with one attached hydrogen (secondary N) is 1. The average molecular weight is 344 g/mol. The molecule has 0 saturated carbocycles. The molecule has 0 saturated heterocycles. The van der Waals surface area contributed by atoms with Crippen molar-refractivity contribution in [2.75, 3.05) is 20.2 Å². The van der Waals surface area contributed by atoms with Gasteiger partial charge in [0.25, 0.3) is 0 Å². The first kappa shape index (κ1) is 23.5. The Labute approximate surface area is 150 Å². The van der Waals surface area contributed by atoms with E-state index in [1.165, 1.54) is 0 Å². The van der Waals surface area contributed by atoms with Gasteiger partial charge in [0.05, 0.1) is 23.4 Å². The van der Waals surface area contributed by atoms with Crippen LogP contribution in [0.5, 0.6) is 0 Å². The fourth-order valence-electron chi connectivity index (χ4n) is 3.10. The topological polar surface area (TPSA) is 47.6 Å². The molecule has 0 aliphatic heterocycles. The summed E-state index contributed by atoms with van der Waals surface area (Å²) in [5.41, 5.74) is -1.16. The van der Waals surface area contributed by atoms with Crippen molar-refractivity contribution in [3.05, 3.63) is 0 Å². The Bertz CT molecular complexity index is 398. The van der Waals surface area contributed by atoms with E-state index >= 15 is 0 Å². The number of ketones is 1. The van der Waals surface area contributed by atoms with Crippen molar-refractivity contribution in [2.24, 2.45) is 5.41 Å². The molecule has 0 heterocycles. The minimum absolute atomic E-state index is 0.134. The second-order valence-corrected chi connectivity index (χ2v) is 9.45. The van der Waals surface area contributed by atoms with E-state index in [2.05, 4.69) is 46.9 Å². The normalized spacial score (nSPS) is 14.1. The van der Waals surface area contributed by atoms with Crippen molar-refractivity contribution >= 4 is 5.78 Å². The van der Waals surface area contributed by atoms with Crippen LogP contribution in [0.15, 0.2) is 0 Å². The van der Waals surface area contributed by atoms with Crippen LogP contribution in [0.1, 0.15) is 81.6 Å². The van der Waals surface area contributed by atoms with Gasteiger partial charge in [-0.15, -0.1) is 0 Å². The maximum Gasteiger partial charge on any atom is 0.135 e. The van der Waals surface area contributed by atoms with Crippen LogP contribution >= 0.6 is 0 Å². The molecule has 0 aromatic carbocycles. The molecule has 4 nitrogen and oxygen atoms in total. The molecule has 0 amide bonds. The molecule has 144 valence electrons. The minimum Gasteiger partial charge on any atom is -0.375 e. The minimum atomic E-state index is -0.370. The molecule has 0 unspecified atom stereocenters. The van der Waals surface area contributed by atoms with Crippen molar-refractivity contribution in [2.45, 2.75) is 98.4 Å². The zero-order valence-corrected chi connectivity index (χ0v) is 17.8. The summed E-state index contributed by atoms with van der Waals surface area (Å²) >= 11 is 0. The van der Waals surface area contributed by atoms with Gasteiger partial charge in [0.1, 0.15) is 5.78 Å². The van der Waals surface area contributed by atoms with Crippen LogP contribution in [0, 0.1) is 5.41 Å². The molecule has 24 heavy (non-hydrogen) atoms. The van der Waals surface area contributed by atoms with Crippen LogP contribution in [0.2, 0.25) is 0 Å². The molecule has 1 N–H and O–H groups in total. The smallest absolute Gasteiger partial charge is 0.135 e. The lowest BCUT2D eigenvalue weighted by molar-refractivity contribution is -0.157. The summed E-state index contributed by atoms with van der Waals surface area (Å²) in [6.07, 6.45) is 2.50. The van der Waals surface area contributed by atoms with Crippen molar-refractivity contribution in [3.63, 3.8) is 0 Å². The van der Waals surface area contributed by atoms with Crippen molar-refractivity contribution in [3.8, 4) is 0 Å². The quantitative estimate of drug-likeness (QED) is 0.572. The van der Waals surface area contributed by atoms with Gasteiger partial charge in [-0.2, -0.15) is 0 Å². The highest BCUT2D eigenvalue weighted by molar-refractivity contribution is 5.81. The molecule has 0 aromatic rings. The molecule has 4 heteroatoms. The highest BCUT2D eigenvalue weighted by Crippen LogP contribution is 2.34. The fraction of sp³-hybridized carbons (Fsp3) is 0.950. The predicted molar refractivity (Wildman–Crippen MR) is 102 cm³/mol. The van der Waals surface area contributed by atoms with Gasteiger partial charge in [0.15, 0.2) is 0 Å². The summed E-state index contributed by atoms with van der Waals surface area (Å²) < 4.78 is 12.4. The molecule has 0 radical (unpaired) electrons. The van der Waals surface area contributed by atoms with Gasteiger partial charge in [-0.3, -0.25) is 4.79 Å². The summed E-state index contributed by atoms with van der Waals surface area (Å²) in [6, 6.07) is 0. The average Bonchev–Trinajstić information content (AvgIpc) is 2.32. The lowest BCUT2D eigenvalue weighted by Crippen LogP contribution is -2.42. The van der Waals surface area contributed by atoms with E-state index in [4.69, 9.17) is 9.47 Å². The van der Waals surface area contributed by atoms with Gasteiger partial charge in [-0.25, -0.2) is 0 Å². The Hall–Kier alpha value is -0.450. The second-order valence-electron chi connectivity index (χ2n) is 9.45. The van der Waals surface area contributed by atoms with E-state index in [1.54, 1.807) is 6.92 Å². The Morgan fingerprint density at radius 3 is 1.88 bits per heavy atom. The largest absolute Gasteiger partial charge is 0.375 e. The van der Waals surface area contributed by atoms with Gasteiger partial charge < -0.3 is 14.8 Å². The van der Waals surface area contributed by atoms with Crippen molar-refractivity contribution < 1.29 is 14.3 Å². The van der Waals surface area contributed by atoms with Crippen LogP contribution in [0.3, 0.4) is 0 Å². The molecule has 0 aliphatic rings. The number of rotatable bonds is 12. The van der Waals surface area contributed by atoms with Crippen LogP contribution in [-0.2, 0) is 14.3 Å². The molecule has 0 fully saturated rings. The highest BCUT2D eigenvalue weighted by atomic mass is 16.5. The Kier molecular flexibility index (Phi) is 8.61. The summed E-state index contributed by atoms with van der Waals surface area (Å²) in [4.78, 5) is 11.8. The monoisotopic (exact) mass is 343 g/mol. The summed E-state index contributed by atoms with van der Waals surface area (Å²) in [6.45, 7) is 19.8. The van der Waals surface area contributed by atoms with E-state index in [9.17, 15) is 4.79 Å². The third-order valence-corrected chi connectivity index (χ3v) is 4.55. The molecule has 0 atom stereocenters. The first-order chi connectivity index (χ1) is 10.6. The van der Waals surface area contributed by atoms with Crippen LogP contribution in [0.4, 0.5) is 0 Å². The lowest BCUT2D eigenvalue weighted by Gasteiger charge is -2.40. The lowest BCUT2D eigenvalue weighted by atomic mass is 9.78. The van der Waals surface area contributed by atoms with E-state index in [1.807, 2.05) is 20.9 Å². The third-order valence-electron chi connectivity index (χ3n) is 4.55. The SMILES string of the molecule is CNCCC(C)(C)OCCC(C)(C)OC(C)(C)CC(C)(C)C(C)=O. The molecule has 0 rings (SSSR count). The van der Waals surface area contributed by atoms with Gasteiger partial charge in [0.2, 0.25) is 0 Å². The van der Waals surface area contributed by atoms with E-state index in [0.717, 1.165) is 19.4 Å². The van der Waals surface area contributed by atoms with Crippen molar-refractivity contribution in [1.82, 2.24) is 5.32 Å². The van der Waals surface area contributed by atoms with E-state index < -0.39 is 0 Å². The third kappa shape index (κ3) is 9.75. The van der Waals surface area contributed by atoms with Gasteiger partial charge >= 0.3 is 0 Å². The molecule has 0 aromatic heterocycles. The Balaban J connectivity index is 4.54. The van der Waals surface area contributed by atoms with Crippen molar-refractivity contribution in [1.29, 1.82) is 0 Å². The molecule has 0 spiro atoms. The van der Waals surface area contributed by atoms with E-state index in [0.29, 0.717) is 13.0 Å².